The molecule has 8 rings (SSSR count). The third kappa shape index (κ3) is 6.46. The number of hydrogen-bond acceptors (Lipinski definition) is 7. The van der Waals surface area contributed by atoms with Crippen molar-refractivity contribution in [3.8, 4) is 0 Å². The van der Waals surface area contributed by atoms with Gasteiger partial charge in [-0.1, -0.05) is 63.9 Å². The van der Waals surface area contributed by atoms with E-state index in [1.165, 1.54) is 63.4 Å². The molecule has 7 fully saturated rings. The fraction of sp³-hybridized carbons (Fsp3) is 0.867. The molecule has 2 aliphatic heterocycles. The second-order valence-electron chi connectivity index (χ2n) is 19.4. The first-order valence-corrected chi connectivity index (χ1v) is 21.7. The Bertz CT molecular complexity index is 1360. The third-order valence-corrected chi connectivity index (χ3v) is 16.3. The monoisotopic (exact) mass is 722 g/mol. The molecular formula is C45H71NO6. The van der Waals surface area contributed by atoms with Crippen LogP contribution in [-0.4, -0.2) is 85.8 Å². The van der Waals surface area contributed by atoms with E-state index in [1.807, 2.05) is 13.8 Å². The van der Waals surface area contributed by atoms with Crippen molar-refractivity contribution < 1.29 is 28.8 Å². The quantitative estimate of drug-likeness (QED) is 0.260. The first-order valence-electron chi connectivity index (χ1n) is 21.7. The van der Waals surface area contributed by atoms with Crippen molar-refractivity contribution in [1.82, 2.24) is 4.90 Å². The number of ether oxygens (including phenoxy) is 5. The predicted molar refractivity (Wildman–Crippen MR) is 204 cm³/mol. The van der Waals surface area contributed by atoms with E-state index in [0.717, 1.165) is 52.1 Å². The summed E-state index contributed by atoms with van der Waals surface area (Å²) in [6.07, 6.45) is 14.5. The maximum atomic E-state index is 10.7. The van der Waals surface area contributed by atoms with Crippen LogP contribution in [0.2, 0.25) is 0 Å². The van der Waals surface area contributed by atoms with Gasteiger partial charge in [-0.05, 0) is 136 Å². The summed E-state index contributed by atoms with van der Waals surface area (Å²) < 4.78 is 33.7. The molecule has 5 aliphatic carbocycles. The molecule has 0 radical (unpaired) electrons. The highest BCUT2D eigenvalue weighted by Gasteiger charge is 2.79. The van der Waals surface area contributed by atoms with Crippen molar-refractivity contribution in [2.24, 2.45) is 45.3 Å². The van der Waals surface area contributed by atoms with Crippen LogP contribution in [0.4, 0.5) is 0 Å². The molecule has 7 heteroatoms. The number of fused-ring (bicyclic) bond motifs is 3. The van der Waals surface area contributed by atoms with Gasteiger partial charge in [0, 0.05) is 32.8 Å². The summed E-state index contributed by atoms with van der Waals surface area (Å²) >= 11 is 0. The minimum Gasteiger partial charge on any atom is -0.391 e. The van der Waals surface area contributed by atoms with E-state index < -0.39 is 6.10 Å². The molecule has 14 atom stereocenters. The number of nitrogens with zero attached hydrogens (tertiary/aromatic N) is 1. The Labute approximate surface area is 315 Å². The molecule has 7 aliphatic rings. The molecule has 0 aromatic heterocycles. The maximum Gasteiger partial charge on any atom is 0.170 e. The summed E-state index contributed by atoms with van der Waals surface area (Å²) in [4.78, 5) is 2.52. The van der Waals surface area contributed by atoms with Crippen LogP contribution >= 0.6 is 0 Å². The minimum atomic E-state index is -0.548. The number of rotatable bonds is 10. The Morgan fingerprint density at radius 2 is 1.75 bits per heavy atom. The van der Waals surface area contributed by atoms with E-state index in [2.05, 4.69) is 62.9 Å². The molecule has 1 aromatic carbocycles. The van der Waals surface area contributed by atoms with Gasteiger partial charge in [0.25, 0.3) is 0 Å². The third-order valence-electron chi connectivity index (χ3n) is 16.3. The van der Waals surface area contributed by atoms with E-state index in [9.17, 15) is 5.11 Å². The SMILES string of the molecule is CCOC(C(C)O)C1CCC2CC3(C)CCCC45CC46CCCC(OC4CN(Cc7ccccc7)CCO4)C(C)(C)C6CCC5C3C(OCC)C2O1. The van der Waals surface area contributed by atoms with Crippen molar-refractivity contribution in [2.75, 3.05) is 32.9 Å². The lowest BCUT2D eigenvalue weighted by atomic mass is 9.50. The van der Waals surface area contributed by atoms with Gasteiger partial charge in [0.15, 0.2) is 6.29 Å². The number of aliphatic hydroxyl groups excluding tert-OH is 1. The Morgan fingerprint density at radius 3 is 2.52 bits per heavy atom. The van der Waals surface area contributed by atoms with Crippen molar-refractivity contribution >= 4 is 0 Å². The molecule has 5 saturated carbocycles. The van der Waals surface area contributed by atoms with E-state index in [1.54, 1.807) is 0 Å². The lowest BCUT2D eigenvalue weighted by Gasteiger charge is -2.59. The van der Waals surface area contributed by atoms with Crippen LogP contribution < -0.4 is 0 Å². The topological polar surface area (TPSA) is 69.6 Å². The van der Waals surface area contributed by atoms with Gasteiger partial charge in [-0.15, -0.1) is 0 Å². The van der Waals surface area contributed by atoms with Crippen LogP contribution in [0.5, 0.6) is 0 Å². The van der Waals surface area contributed by atoms with Gasteiger partial charge in [0.05, 0.1) is 37.1 Å². The Kier molecular flexibility index (Phi) is 10.8. The first-order chi connectivity index (χ1) is 25.0. The molecule has 0 bridgehead atoms. The van der Waals surface area contributed by atoms with Crippen LogP contribution in [0.1, 0.15) is 124 Å². The van der Waals surface area contributed by atoms with Gasteiger partial charge in [0.2, 0.25) is 0 Å². The lowest BCUT2D eigenvalue weighted by Crippen LogP contribution is -2.61. The standard InChI is InChI=1S/C45H71NO6/c1-7-48-39(30(3)47)34-19-17-32-26-43(6)21-13-23-44-29-45(44)22-12-16-36(52-37-28-46(24-25-50-37)27-31-14-10-9-11-15-31)42(4,5)35(45)20-18-33(44)38(43)41(49-8-2)40(32)51-34/h9-11,14-15,30,32-41,47H,7-8,12-13,16-29H2,1-6H3. The molecule has 292 valence electrons. The molecule has 1 N–H and O–H groups in total. The first kappa shape index (κ1) is 37.8. The lowest BCUT2D eigenvalue weighted by molar-refractivity contribution is -0.249. The number of aliphatic hydroxyl groups is 1. The molecule has 2 heterocycles. The summed E-state index contributed by atoms with van der Waals surface area (Å²) in [5, 5.41) is 10.7. The summed E-state index contributed by atoms with van der Waals surface area (Å²) in [5.41, 5.74) is 2.55. The summed E-state index contributed by atoms with van der Waals surface area (Å²) in [5.74, 6) is 2.38. The molecule has 0 amide bonds. The van der Waals surface area contributed by atoms with Gasteiger partial charge in [0.1, 0.15) is 6.10 Å². The maximum absolute atomic E-state index is 10.7. The van der Waals surface area contributed by atoms with Crippen molar-refractivity contribution in [1.29, 1.82) is 0 Å². The smallest absolute Gasteiger partial charge is 0.170 e. The summed E-state index contributed by atoms with van der Waals surface area (Å²) in [6, 6.07) is 10.8. The fourth-order valence-corrected chi connectivity index (χ4v) is 14.4. The number of benzene rings is 1. The van der Waals surface area contributed by atoms with Crippen LogP contribution in [0.25, 0.3) is 0 Å². The highest BCUT2D eigenvalue weighted by atomic mass is 16.7. The van der Waals surface area contributed by atoms with Gasteiger partial charge in [-0.2, -0.15) is 0 Å². The zero-order chi connectivity index (χ0) is 36.3. The van der Waals surface area contributed by atoms with E-state index in [0.29, 0.717) is 41.1 Å². The molecule has 2 saturated heterocycles. The van der Waals surface area contributed by atoms with Crippen molar-refractivity contribution in [3.63, 3.8) is 0 Å². The summed E-state index contributed by atoms with van der Waals surface area (Å²) in [7, 11) is 0. The number of morpholine rings is 1. The van der Waals surface area contributed by atoms with Crippen LogP contribution in [0, 0.1) is 45.3 Å². The molecule has 1 aromatic rings. The second-order valence-corrected chi connectivity index (χ2v) is 19.4. The highest BCUT2D eigenvalue weighted by Crippen LogP contribution is 2.85. The molecule has 2 spiro atoms. The number of hydrogen-bond donors (Lipinski definition) is 1. The fourth-order valence-electron chi connectivity index (χ4n) is 14.4. The average Bonchev–Trinajstić information content (AvgIpc) is 3.83. The van der Waals surface area contributed by atoms with Gasteiger partial charge >= 0.3 is 0 Å². The normalized spacial score (nSPS) is 45.5. The largest absolute Gasteiger partial charge is 0.391 e. The summed E-state index contributed by atoms with van der Waals surface area (Å²) in [6.45, 7) is 18.7. The van der Waals surface area contributed by atoms with Gasteiger partial charge in [-0.25, -0.2) is 0 Å². The Morgan fingerprint density at radius 1 is 0.942 bits per heavy atom. The van der Waals surface area contributed by atoms with E-state index in [4.69, 9.17) is 23.7 Å². The van der Waals surface area contributed by atoms with Gasteiger partial charge in [-0.3, -0.25) is 4.90 Å². The average molecular weight is 722 g/mol. The van der Waals surface area contributed by atoms with Crippen LogP contribution in [-0.2, 0) is 30.2 Å². The zero-order valence-corrected chi connectivity index (χ0v) is 33.4. The molecule has 7 nitrogen and oxygen atoms in total. The van der Waals surface area contributed by atoms with Crippen LogP contribution in [0.3, 0.4) is 0 Å². The second kappa shape index (κ2) is 14.8. The molecular weight excluding hydrogens is 650 g/mol. The van der Waals surface area contributed by atoms with E-state index in [-0.39, 0.29) is 47.6 Å². The molecule has 14 unspecified atom stereocenters. The Balaban J connectivity index is 1.02. The predicted octanol–water partition coefficient (Wildman–Crippen LogP) is 8.41. The van der Waals surface area contributed by atoms with Crippen molar-refractivity contribution in [3.05, 3.63) is 35.9 Å². The Hall–Kier alpha value is -1.06. The van der Waals surface area contributed by atoms with E-state index >= 15 is 0 Å². The molecule has 52 heavy (non-hydrogen) atoms. The highest BCUT2D eigenvalue weighted by molar-refractivity contribution is 5.27. The van der Waals surface area contributed by atoms with Gasteiger partial charge < -0.3 is 28.8 Å². The minimum absolute atomic E-state index is 0.0746. The van der Waals surface area contributed by atoms with Crippen molar-refractivity contribution in [2.45, 2.75) is 168 Å². The zero-order valence-electron chi connectivity index (χ0n) is 33.4. The van der Waals surface area contributed by atoms with Crippen LogP contribution in [0.15, 0.2) is 30.3 Å².